The summed E-state index contributed by atoms with van der Waals surface area (Å²) in [5.41, 5.74) is 2.97. The van der Waals surface area contributed by atoms with Gasteiger partial charge in [0.05, 0.1) is 18.9 Å². The molecule has 1 N–H and O–H groups in total. The Labute approximate surface area is 106 Å². The molecule has 2 aliphatic rings. The summed E-state index contributed by atoms with van der Waals surface area (Å²) in [6.45, 7) is 1.45. The van der Waals surface area contributed by atoms with Gasteiger partial charge in [-0.15, -0.1) is 0 Å². The Balaban J connectivity index is 1.90. The number of rotatable bonds is 2. The molecule has 1 fully saturated rings. The first-order chi connectivity index (χ1) is 8.88. The van der Waals surface area contributed by atoms with Crippen LogP contribution in [0, 0.1) is 0 Å². The lowest BCUT2D eigenvalue weighted by Crippen LogP contribution is -2.19. The van der Waals surface area contributed by atoms with Crippen LogP contribution in [0.2, 0.25) is 0 Å². The lowest BCUT2D eigenvalue weighted by molar-refractivity contribution is 0.140. The van der Waals surface area contributed by atoms with Crippen LogP contribution in [-0.2, 0) is 11.2 Å². The van der Waals surface area contributed by atoms with Gasteiger partial charge in [-0.05, 0) is 25.3 Å². The zero-order valence-electron chi connectivity index (χ0n) is 10.3. The Hall–Kier alpha value is -1.55. The van der Waals surface area contributed by atoms with Crippen LogP contribution in [0.15, 0.2) is 23.4 Å². The first kappa shape index (κ1) is 11.5. The first-order valence-electron chi connectivity index (χ1n) is 6.46. The summed E-state index contributed by atoms with van der Waals surface area (Å²) in [6, 6.07) is 5.96. The monoisotopic (exact) mass is 247 g/mol. The highest BCUT2D eigenvalue weighted by molar-refractivity contribution is 6.02. The van der Waals surface area contributed by atoms with Gasteiger partial charge in [0.25, 0.3) is 0 Å². The summed E-state index contributed by atoms with van der Waals surface area (Å²) in [7, 11) is 0. The molecule has 0 amide bonds. The molecule has 1 atom stereocenters. The van der Waals surface area contributed by atoms with E-state index in [2.05, 4.69) is 5.16 Å². The van der Waals surface area contributed by atoms with E-state index in [1.807, 2.05) is 18.2 Å². The molecule has 18 heavy (non-hydrogen) atoms. The predicted molar refractivity (Wildman–Crippen MR) is 67.6 cm³/mol. The molecule has 4 nitrogen and oxygen atoms in total. The number of oxime groups is 1. The largest absolute Gasteiger partial charge is 0.488 e. The lowest BCUT2D eigenvalue weighted by Gasteiger charge is -2.22. The third-order valence-electron chi connectivity index (χ3n) is 3.59. The fraction of sp³-hybridized carbons (Fsp3) is 0.500. The number of hydrogen-bond acceptors (Lipinski definition) is 4. The molecular formula is C14H17NO3. The number of hydrogen-bond donors (Lipinski definition) is 1. The number of ether oxygens (including phenoxy) is 2. The van der Waals surface area contributed by atoms with Crippen molar-refractivity contribution in [2.24, 2.45) is 5.16 Å². The van der Waals surface area contributed by atoms with E-state index in [-0.39, 0.29) is 6.10 Å². The summed E-state index contributed by atoms with van der Waals surface area (Å²) in [6.07, 6.45) is 3.93. The summed E-state index contributed by atoms with van der Waals surface area (Å²) >= 11 is 0. The maximum atomic E-state index is 9.04. The van der Waals surface area contributed by atoms with E-state index in [0.717, 1.165) is 49.3 Å². The minimum Gasteiger partial charge on any atom is -0.488 e. The van der Waals surface area contributed by atoms with Gasteiger partial charge >= 0.3 is 0 Å². The van der Waals surface area contributed by atoms with Crippen molar-refractivity contribution in [2.75, 3.05) is 13.2 Å². The molecule has 1 aliphatic carbocycles. The molecule has 0 spiro atoms. The maximum absolute atomic E-state index is 9.04. The van der Waals surface area contributed by atoms with Gasteiger partial charge in [0.2, 0.25) is 0 Å². The van der Waals surface area contributed by atoms with Gasteiger partial charge in [0.15, 0.2) is 0 Å². The Bertz CT molecular complexity index is 464. The zero-order valence-corrected chi connectivity index (χ0v) is 10.3. The molecule has 0 saturated carbocycles. The van der Waals surface area contributed by atoms with Crippen molar-refractivity contribution >= 4 is 5.71 Å². The van der Waals surface area contributed by atoms with Crippen LogP contribution in [0.25, 0.3) is 0 Å². The van der Waals surface area contributed by atoms with E-state index in [9.17, 15) is 0 Å². The standard InChI is InChI=1S/C14H17NO3/c16-15-13-5-1-4-12-11(13)3-2-6-14(12)18-10-7-8-17-9-10/h2-3,6,10,16H,1,4-5,7-9H2. The Morgan fingerprint density at radius 3 is 3.06 bits per heavy atom. The van der Waals surface area contributed by atoms with Crippen molar-refractivity contribution in [3.05, 3.63) is 29.3 Å². The second-order valence-electron chi connectivity index (χ2n) is 4.79. The maximum Gasteiger partial charge on any atom is 0.124 e. The lowest BCUT2D eigenvalue weighted by atomic mass is 9.89. The molecule has 1 heterocycles. The second-order valence-corrected chi connectivity index (χ2v) is 4.79. The smallest absolute Gasteiger partial charge is 0.124 e. The van der Waals surface area contributed by atoms with E-state index in [4.69, 9.17) is 14.7 Å². The highest BCUT2D eigenvalue weighted by atomic mass is 16.5. The Morgan fingerprint density at radius 2 is 2.28 bits per heavy atom. The van der Waals surface area contributed by atoms with Crippen LogP contribution in [0.1, 0.15) is 30.4 Å². The minimum atomic E-state index is 0.160. The molecule has 1 aromatic rings. The van der Waals surface area contributed by atoms with Crippen molar-refractivity contribution in [1.82, 2.24) is 0 Å². The molecule has 0 bridgehead atoms. The molecule has 0 radical (unpaired) electrons. The third kappa shape index (κ3) is 2.08. The number of fused-ring (bicyclic) bond motifs is 1. The highest BCUT2D eigenvalue weighted by Crippen LogP contribution is 2.31. The quantitative estimate of drug-likeness (QED) is 0.644. The fourth-order valence-corrected chi connectivity index (χ4v) is 2.66. The highest BCUT2D eigenvalue weighted by Gasteiger charge is 2.23. The normalized spacial score (nSPS) is 25.1. The van der Waals surface area contributed by atoms with Crippen molar-refractivity contribution in [2.45, 2.75) is 31.8 Å². The second kappa shape index (κ2) is 4.98. The SMILES string of the molecule is ON=C1CCCc2c(OC3CCOC3)cccc21. The third-order valence-corrected chi connectivity index (χ3v) is 3.59. The van der Waals surface area contributed by atoms with Gasteiger partial charge in [0.1, 0.15) is 11.9 Å². The molecule has 1 aliphatic heterocycles. The molecule has 3 rings (SSSR count). The van der Waals surface area contributed by atoms with Crippen LogP contribution in [-0.4, -0.2) is 30.2 Å². The molecule has 1 unspecified atom stereocenters. The van der Waals surface area contributed by atoms with Crippen molar-refractivity contribution < 1.29 is 14.7 Å². The topological polar surface area (TPSA) is 51.1 Å². The summed E-state index contributed by atoms with van der Waals surface area (Å²) in [5.74, 6) is 0.920. The van der Waals surface area contributed by atoms with Crippen LogP contribution in [0.3, 0.4) is 0 Å². The van der Waals surface area contributed by atoms with Gasteiger partial charge in [-0.2, -0.15) is 0 Å². The first-order valence-corrected chi connectivity index (χ1v) is 6.46. The van der Waals surface area contributed by atoms with Crippen LogP contribution < -0.4 is 4.74 Å². The van der Waals surface area contributed by atoms with Gasteiger partial charge in [-0.1, -0.05) is 17.3 Å². The number of benzene rings is 1. The summed E-state index contributed by atoms with van der Waals surface area (Å²) in [5, 5.41) is 12.4. The van der Waals surface area contributed by atoms with E-state index >= 15 is 0 Å². The summed E-state index contributed by atoms with van der Waals surface area (Å²) in [4.78, 5) is 0. The fourth-order valence-electron chi connectivity index (χ4n) is 2.66. The van der Waals surface area contributed by atoms with E-state index in [0.29, 0.717) is 6.61 Å². The van der Waals surface area contributed by atoms with Crippen LogP contribution in [0.5, 0.6) is 5.75 Å². The van der Waals surface area contributed by atoms with E-state index < -0.39 is 0 Å². The van der Waals surface area contributed by atoms with Gasteiger partial charge in [0, 0.05) is 17.5 Å². The molecule has 4 heteroatoms. The Morgan fingerprint density at radius 1 is 1.33 bits per heavy atom. The summed E-state index contributed by atoms with van der Waals surface area (Å²) < 4.78 is 11.3. The Kier molecular flexibility index (Phi) is 3.19. The number of nitrogens with zero attached hydrogens (tertiary/aromatic N) is 1. The minimum absolute atomic E-state index is 0.160. The molecule has 1 saturated heterocycles. The van der Waals surface area contributed by atoms with Gasteiger partial charge in [-0.25, -0.2) is 0 Å². The molecule has 1 aromatic carbocycles. The molecular weight excluding hydrogens is 230 g/mol. The average Bonchev–Trinajstić information content (AvgIpc) is 2.91. The predicted octanol–water partition coefficient (Wildman–Crippen LogP) is 2.37. The van der Waals surface area contributed by atoms with Crippen LogP contribution >= 0.6 is 0 Å². The van der Waals surface area contributed by atoms with Crippen molar-refractivity contribution in [1.29, 1.82) is 0 Å². The van der Waals surface area contributed by atoms with Crippen LogP contribution in [0.4, 0.5) is 0 Å². The molecule has 96 valence electrons. The average molecular weight is 247 g/mol. The van der Waals surface area contributed by atoms with E-state index in [1.165, 1.54) is 5.56 Å². The zero-order chi connectivity index (χ0) is 12.4. The van der Waals surface area contributed by atoms with Gasteiger partial charge < -0.3 is 14.7 Å². The van der Waals surface area contributed by atoms with Crippen molar-refractivity contribution in [3.63, 3.8) is 0 Å². The van der Waals surface area contributed by atoms with Crippen molar-refractivity contribution in [3.8, 4) is 5.75 Å². The molecule has 0 aromatic heterocycles. The van der Waals surface area contributed by atoms with E-state index in [1.54, 1.807) is 0 Å². The van der Waals surface area contributed by atoms with Gasteiger partial charge in [-0.3, -0.25) is 0 Å².